The second-order valence-corrected chi connectivity index (χ2v) is 8.47. The summed E-state index contributed by atoms with van der Waals surface area (Å²) in [5, 5.41) is 8.26. The van der Waals surface area contributed by atoms with E-state index in [9.17, 15) is 9.59 Å². The van der Waals surface area contributed by atoms with Crippen LogP contribution in [0.2, 0.25) is 0 Å². The van der Waals surface area contributed by atoms with Crippen molar-refractivity contribution in [2.24, 2.45) is 5.92 Å². The molecule has 1 aromatic heterocycles. The molecule has 1 atom stereocenters. The molecule has 0 aliphatic carbocycles. The van der Waals surface area contributed by atoms with Crippen molar-refractivity contribution >= 4 is 34.5 Å². The van der Waals surface area contributed by atoms with E-state index in [1.807, 2.05) is 49.9 Å². The predicted molar refractivity (Wildman–Crippen MR) is 111 cm³/mol. The second kappa shape index (κ2) is 8.57. The summed E-state index contributed by atoms with van der Waals surface area (Å²) in [6.07, 6.45) is 1.45. The van der Waals surface area contributed by atoms with Crippen molar-refractivity contribution in [2.75, 3.05) is 17.2 Å². The zero-order valence-electron chi connectivity index (χ0n) is 16.1. The maximum Gasteiger partial charge on any atom is 0.245 e. The highest BCUT2D eigenvalue weighted by Gasteiger charge is 2.25. The van der Waals surface area contributed by atoms with Crippen LogP contribution in [0.4, 0.5) is 11.4 Å². The van der Waals surface area contributed by atoms with Crippen LogP contribution in [0.1, 0.15) is 37.6 Å². The average molecular weight is 386 g/mol. The molecule has 0 radical (unpaired) electrons. The number of anilines is 2. The number of hydrogen-bond donors (Lipinski definition) is 2. The molecule has 1 aromatic carbocycles. The van der Waals surface area contributed by atoms with Crippen molar-refractivity contribution < 1.29 is 9.59 Å². The molecule has 6 heteroatoms. The van der Waals surface area contributed by atoms with Crippen molar-refractivity contribution in [3.8, 4) is 0 Å². The molecule has 0 saturated heterocycles. The second-order valence-electron chi connectivity index (χ2n) is 7.47. The Balaban J connectivity index is 1.54. The maximum atomic E-state index is 12.8. The minimum absolute atomic E-state index is 0.0205. The Kier molecular flexibility index (Phi) is 6.16. The van der Waals surface area contributed by atoms with Crippen LogP contribution in [-0.2, 0) is 22.6 Å². The molecular weight excluding hydrogens is 358 g/mol. The maximum absolute atomic E-state index is 12.8. The van der Waals surface area contributed by atoms with Crippen LogP contribution in [0, 0.1) is 5.92 Å². The van der Waals surface area contributed by atoms with Gasteiger partial charge in [-0.3, -0.25) is 9.59 Å². The first-order chi connectivity index (χ1) is 12.9. The van der Waals surface area contributed by atoms with Gasteiger partial charge in [0.1, 0.15) is 6.04 Å². The Morgan fingerprint density at radius 1 is 1.11 bits per heavy atom. The van der Waals surface area contributed by atoms with Crippen LogP contribution in [0.25, 0.3) is 0 Å². The highest BCUT2D eigenvalue weighted by molar-refractivity contribution is 7.10. The number of thiophene rings is 1. The Labute approximate surface area is 164 Å². The van der Waals surface area contributed by atoms with E-state index in [0.29, 0.717) is 18.9 Å². The third-order valence-corrected chi connectivity index (χ3v) is 5.66. The fourth-order valence-corrected chi connectivity index (χ4v) is 4.14. The minimum atomic E-state index is -0.299. The van der Waals surface area contributed by atoms with E-state index in [0.717, 1.165) is 24.3 Å². The molecule has 0 spiro atoms. The van der Waals surface area contributed by atoms with E-state index in [1.165, 1.54) is 10.4 Å². The smallest absolute Gasteiger partial charge is 0.245 e. The summed E-state index contributed by atoms with van der Waals surface area (Å²) in [6, 6.07) is 9.31. The predicted octanol–water partition coefficient (Wildman–Crippen LogP) is 4.12. The first-order valence-electron chi connectivity index (χ1n) is 9.43. The molecule has 1 aliphatic heterocycles. The quantitative estimate of drug-likeness (QED) is 0.786. The fourth-order valence-electron chi connectivity index (χ4n) is 3.25. The summed E-state index contributed by atoms with van der Waals surface area (Å²) in [5.74, 6) is 0.464. The first kappa shape index (κ1) is 19.4. The lowest BCUT2D eigenvalue weighted by Crippen LogP contribution is -2.43. The summed E-state index contributed by atoms with van der Waals surface area (Å²) in [5.41, 5.74) is 2.91. The molecule has 1 unspecified atom stereocenters. The molecule has 2 aromatic rings. The van der Waals surface area contributed by atoms with E-state index in [-0.39, 0.29) is 17.9 Å². The van der Waals surface area contributed by atoms with E-state index in [4.69, 9.17) is 0 Å². The molecule has 2 amide bonds. The van der Waals surface area contributed by atoms with Crippen molar-refractivity contribution in [1.29, 1.82) is 0 Å². The average Bonchev–Trinajstić information content (AvgIpc) is 3.09. The number of amides is 2. The number of carbonyl (C=O) groups excluding carboxylic acids is 2. The van der Waals surface area contributed by atoms with E-state index in [1.54, 1.807) is 11.3 Å². The highest BCUT2D eigenvalue weighted by Crippen LogP contribution is 2.24. The highest BCUT2D eigenvalue weighted by atomic mass is 32.1. The Morgan fingerprint density at radius 2 is 1.81 bits per heavy atom. The van der Waals surface area contributed by atoms with Crippen LogP contribution in [0.5, 0.6) is 0 Å². The van der Waals surface area contributed by atoms with E-state index < -0.39 is 0 Å². The zero-order valence-corrected chi connectivity index (χ0v) is 16.9. The van der Waals surface area contributed by atoms with Gasteiger partial charge < -0.3 is 15.5 Å². The third kappa shape index (κ3) is 5.10. The minimum Gasteiger partial charge on any atom is -0.374 e. The monoisotopic (exact) mass is 385 g/mol. The summed E-state index contributed by atoms with van der Waals surface area (Å²) < 4.78 is 0. The number of carbonyl (C=O) groups is 2. The SMILES string of the molecule is CC(C)CC(=O)Nc1ccc(NC(C)C(=O)N2CCc3sccc3C2)cc1. The fraction of sp³-hybridized carbons (Fsp3) is 0.429. The lowest BCUT2D eigenvalue weighted by atomic mass is 10.1. The van der Waals surface area contributed by atoms with Crippen LogP contribution in [0.3, 0.4) is 0 Å². The van der Waals surface area contributed by atoms with Gasteiger partial charge in [0.25, 0.3) is 0 Å². The normalized spacial score (nSPS) is 14.6. The lowest BCUT2D eigenvalue weighted by Gasteiger charge is -2.30. The molecule has 27 heavy (non-hydrogen) atoms. The summed E-state index contributed by atoms with van der Waals surface area (Å²) in [4.78, 5) is 27.9. The topological polar surface area (TPSA) is 61.4 Å². The van der Waals surface area contributed by atoms with Gasteiger partial charge in [-0.05, 0) is 60.5 Å². The van der Waals surface area contributed by atoms with E-state index in [2.05, 4.69) is 22.1 Å². The molecule has 0 bridgehead atoms. The van der Waals surface area contributed by atoms with Gasteiger partial charge >= 0.3 is 0 Å². The Bertz CT molecular complexity index is 798. The van der Waals surface area contributed by atoms with Gasteiger partial charge in [-0.25, -0.2) is 0 Å². The number of fused-ring (bicyclic) bond motifs is 1. The summed E-state index contributed by atoms with van der Waals surface area (Å²) in [6.45, 7) is 7.41. The number of hydrogen-bond acceptors (Lipinski definition) is 4. The first-order valence-corrected chi connectivity index (χ1v) is 10.3. The number of benzene rings is 1. The molecule has 0 saturated carbocycles. The number of nitrogens with zero attached hydrogens (tertiary/aromatic N) is 1. The molecule has 2 N–H and O–H groups in total. The van der Waals surface area contributed by atoms with Crippen LogP contribution in [-0.4, -0.2) is 29.3 Å². The van der Waals surface area contributed by atoms with Gasteiger partial charge in [0.2, 0.25) is 11.8 Å². The van der Waals surface area contributed by atoms with Gasteiger partial charge in [0.05, 0.1) is 0 Å². The van der Waals surface area contributed by atoms with Crippen molar-refractivity contribution in [1.82, 2.24) is 4.90 Å². The molecular formula is C21H27N3O2S. The lowest BCUT2D eigenvalue weighted by molar-refractivity contribution is -0.132. The van der Waals surface area contributed by atoms with Crippen LogP contribution < -0.4 is 10.6 Å². The number of rotatable bonds is 6. The van der Waals surface area contributed by atoms with Crippen molar-refractivity contribution in [3.05, 3.63) is 46.2 Å². The largest absolute Gasteiger partial charge is 0.374 e. The van der Waals surface area contributed by atoms with Crippen LogP contribution in [0.15, 0.2) is 35.7 Å². The molecule has 5 nitrogen and oxygen atoms in total. The van der Waals surface area contributed by atoms with Gasteiger partial charge in [-0.2, -0.15) is 0 Å². The zero-order chi connectivity index (χ0) is 19.4. The molecule has 0 fully saturated rings. The van der Waals surface area contributed by atoms with Gasteiger partial charge in [-0.15, -0.1) is 11.3 Å². The van der Waals surface area contributed by atoms with Gasteiger partial charge in [0.15, 0.2) is 0 Å². The third-order valence-electron chi connectivity index (χ3n) is 4.64. The molecule has 1 aliphatic rings. The van der Waals surface area contributed by atoms with Crippen LogP contribution >= 0.6 is 11.3 Å². The van der Waals surface area contributed by atoms with Gasteiger partial charge in [0, 0.05) is 35.8 Å². The molecule has 3 rings (SSSR count). The number of nitrogens with one attached hydrogen (secondary N) is 2. The van der Waals surface area contributed by atoms with Crippen molar-refractivity contribution in [3.63, 3.8) is 0 Å². The van der Waals surface area contributed by atoms with E-state index >= 15 is 0 Å². The molecule has 144 valence electrons. The standard InChI is InChI=1S/C21H27N3O2S/c1-14(2)12-20(25)23-18-6-4-17(5-7-18)22-15(3)21(26)24-10-8-19-16(13-24)9-11-27-19/h4-7,9,11,14-15,22H,8,10,12-13H2,1-3H3,(H,23,25). The summed E-state index contributed by atoms with van der Waals surface area (Å²) >= 11 is 1.78. The van der Waals surface area contributed by atoms with Gasteiger partial charge in [-0.1, -0.05) is 13.8 Å². The summed E-state index contributed by atoms with van der Waals surface area (Å²) in [7, 11) is 0. The Morgan fingerprint density at radius 3 is 2.52 bits per heavy atom. The van der Waals surface area contributed by atoms with Crippen molar-refractivity contribution in [2.45, 2.75) is 46.2 Å². The molecule has 2 heterocycles. The Hall–Kier alpha value is -2.34.